The highest BCUT2D eigenvalue weighted by molar-refractivity contribution is 7.89. The van der Waals surface area contributed by atoms with Crippen LogP contribution in [-0.4, -0.2) is 15.5 Å². The molecule has 0 spiro atoms. The lowest BCUT2D eigenvalue weighted by Crippen LogP contribution is -2.27. The first-order valence-electron chi connectivity index (χ1n) is 6.66. The number of methoxy groups -OCH3 is 1. The highest BCUT2D eigenvalue weighted by atomic mass is 32.2. The quantitative estimate of drug-likeness (QED) is 0.923. The van der Waals surface area contributed by atoms with Gasteiger partial charge in [-0.25, -0.2) is 13.1 Å². The minimum atomic E-state index is -3.64. The van der Waals surface area contributed by atoms with Crippen molar-refractivity contribution in [1.82, 2.24) is 4.72 Å². The van der Waals surface area contributed by atoms with Crippen molar-refractivity contribution >= 4 is 10.0 Å². The molecule has 5 heteroatoms. The van der Waals surface area contributed by atoms with Crippen molar-refractivity contribution in [3.05, 3.63) is 59.7 Å². The number of benzene rings is 2. The summed E-state index contributed by atoms with van der Waals surface area (Å²) in [4.78, 5) is 0.151. The van der Waals surface area contributed by atoms with Crippen LogP contribution in [0.4, 0.5) is 0 Å². The Morgan fingerprint density at radius 1 is 1.10 bits per heavy atom. The molecule has 0 saturated heterocycles. The van der Waals surface area contributed by atoms with Crippen molar-refractivity contribution in [3.63, 3.8) is 0 Å². The molecule has 2 rings (SSSR count). The smallest absolute Gasteiger partial charge is 0.244 e. The van der Waals surface area contributed by atoms with E-state index in [2.05, 4.69) is 4.72 Å². The summed E-state index contributed by atoms with van der Waals surface area (Å²) in [6.45, 7) is 3.70. The standard InChI is InChI=1S/C16H19NO3S/c1-12-9-10-16(15(11-12)20-3)21(18,19)17-13(2)14-7-5-4-6-8-14/h4-11,13,17H,1-3H3. The van der Waals surface area contributed by atoms with Gasteiger partial charge in [-0.05, 0) is 37.1 Å². The van der Waals surface area contributed by atoms with Gasteiger partial charge in [-0.15, -0.1) is 0 Å². The summed E-state index contributed by atoms with van der Waals surface area (Å²) in [7, 11) is -2.18. The van der Waals surface area contributed by atoms with Gasteiger partial charge in [0, 0.05) is 6.04 Å². The third-order valence-electron chi connectivity index (χ3n) is 3.24. The monoisotopic (exact) mass is 305 g/mol. The molecule has 1 unspecified atom stereocenters. The Bertz CT molecular complexity index is 712. The van der Waals surface area contributed by atoms with E-state index < -0.39 is 10.0 Å². The summed E-state index contributed by atoms with van der Waals surface area (Å²) in [5, 5.41) is 0. The van der Waals surface area contributed by atoms with Crippen molar-refractivity contribution in [2.24, 2.45) is 0 Å². The number of nitrogens with one attached hydrogen (secondary N) is 1. The average Bonchev–Trinajstić information content (AvgIpc) is 2.47. The van der Waals surface area contributed by atoms with E-state index in [1.165, 1.54) is 7.11 Å². The number of rotatable bonds is 5. The summed E-state index contributed by atoms with van der Waals surface area (Å²) >= 11 is 0. The molecule has 2 aromatic carbocycles. The summed E-state index contributed by atoms with van der Waals surface area (Å²) in [5.74, 6) is 0.350. The Labute approximate surface area is 125 Å². The molecule has 0 heterocycles. The second kappa shape index (κ2) is 6.28. The van der Waals surface area contributed by atoms with E-state index in [9.17, 15) is 8.42 Å². The molecule has 0 aliphatic rings. The van der Waals surface area contributed by atoms with E-state index in [1.54, 1.807) is 18.2 Å². The Balaban J connectivity index is 2.31. The third kappa shape index (κ3) is 3.62. The van der Waals surface area contributed by atoms with Crippen molar-refractivity contribution in [2.75, 3.05) is 7.11 Å². The SMILES string of the molecule is COc1cc(C)ccc1S(=O)(=O)NC(C)c1ccccc1. The van der Waals surface area contributed by atoms with E-state index in [-0.39, 0.29) is 10.9 Å². The lowest BCUT2D eigenvalue weighted by molar-refractivity contribution is 0.401. The maximum absolute atomic E-state index is 12.5. The van der Waals surface area contributed by atoms with Crippen molar-refractivity contribution < 1.29 is 13.2 Å². The van der Waals surface area contributed by atoms with Gasteiger partial charge in [0.15, 0.2) is 0 Å². The highest BCUT2D eigenvalue weighted by Gasteiger charge is 2.22. The van der Waals surface area contributed by atoms with Crippen molar-refractivity contribution in [2.45, 2.75) is 24.8 Å². The molecule has 0 aliphatic carbocycles. The van der Waals surface area contributed by atoms with Crippen LogP contribution in [0, 0.1) is 6.92 Å². The zero-order valence-electron chi connectivity index (χ0n) is 12.3. The second-order valence-corrected chi connectivity index (χ2v) is 6.59. The van der Waals surface area contributed by atoms with Gasteiger partial charge in [0.25, 0.3) is 0 Å². The van der Waals surface area contributed by atoms with Crippen LogP contribution < -0.4 is 9.46 Å². The molecule has 0 amide bonds. The largest absolute Gasteiger partial charge is 0.495 e. The first-order chi connectivity index (χ1) is 9.94. The predicted molar refractivity (Wildman–Crippen MR) is 82.9 cm³/mol. The minimum Gasteiger partial charge on any atom is -0.495 e. The van der Waals surface area contributed by atoms with Gasteiger partial charge in [-0.2, -0.15) is 0 Å². The minimum absolute atomic E-state index is 0.151. The third-order valence-corrected chi connectivity index (χ3v) is 4.82. The molecule has 0 fully saturated rings. The van der Waals surface area contributed by atoms with E-state index >= 15 is 0 Å². The van der Waals surface area contributed by atoms with Crippen LogP contribution in [0.1, 0.15) is 24.1 Å². The Morgan fingerprint density at radius 2 is 1.76 bits per heavy atom. The summed E-state index contributed by atoms with van der Waals surface area (Å²) in [5.41, 5.74) is 1.86. The number of hydrogen-bond acceptors (Lipinski definition) is 3. The van der Waals surface area contributed by atoms with Crippen molar-refractivity contribution in [3.8, 4) is 5.75 Å². The topological polar surface area (TPSA) is 55.4 Å². The maximum Gasteiger partial charge on any atom is 0.244 e. The lowest BCUT2D eigenvalue weighted by Gasteiger charge is -2.16. The fourth-order valence-corrected chi connectivity index (χ4v) is 3.49. The van der Waals surface area contributed by atoms with Gasteiger partial charge < -0.3 is 4.74 Å². The normalized spacial score (nSPS) is 12.9. The van der Waals surface area contributed by atoms with E-state index in [0.29, 0.717) is 5.75 Å². The molecule has 21 heavy (non-hydrogen) atoms. The molecule has 0 bridgehead atoms. The molecule has 1 atom stereocenters. The summed E-state index contributed by atoms with van der Waals surface area (Å²) < 4.78 is 32.9. The van der Waals surface area contributed by atoms with Gasteiger partial charge in [0.2, 0.25) is 10.0 Å². The summed E-state index contributed by atoms with van der Waals surface area (Å²) in [6.07, 6.45) is 0. The molecular formula is C16H19NO3S. The molecule has 0 radical (unpaired) electrons. The van der Waals surface area contributed by atoms with Crippen LogP contribution in [-0.2, 0) is 10.0 Å². The number of aryl methyl sites for hydroxylation is 1. The maximum atomic E-state index is 12.5. The number of sulfonamides is 1. The Morgan fingerprint density at radius 3 is 2.38 bits per heavy atom. The first kappa shape index (κ1) is 15.5. The molecule has 0 aliphatic heterocycles. The molecule has 4 nitrogen and oxygen atoms in total. The molecule has 0 aromatic heterocycles. The van der Waals surface area contributed by atoms with Gasteiger partial charge in [-0.3, -0.25) is 0 Å². The van der Waals surface area contributed by atoms with Crippen molar-refractivity contribution in [1.29, 1.82) is 0 Å². The molecule has 0 saturated carbocycles. The number of ether oxygens (including phenoxy) is 1. The zero-order valence-corrected chi connectivity index (χ0v) is 13.1. The van der Waals surface area contributed by atoms with Gasteiger partial charge >= 0.3 is 0 Å². The fraction of sp³-hybridized carbons (Fsp3) is 0.250. The van der Waals surface area contributed by atoms with E-state index in [1.807, 2.05) is 44.2 Å². The van der Waals surface area contributed by atoms with E-state index in [0.717, 1.165) is 11.1 Å². The average molecular weight is 305 g/mol. The second-order valence-electron chi connectivity index (χ2n) is 4.91. The van der Waals surface area contributed by atoms with Crippen LogP contribution in [0.2, 0.25) is 0 Å². The van der Waals surface area contributed by atoms with Crippen LogP contribution in [0.3, 0.4) is 0 Å². The van der Waals surface area contributed by atoms with Crippen LogP contribution in [0.15, 0.2) is 53.4 Å². The first-order valence-corrected chi connectivity index (χ1v) is 8.14. The van der Waals surface area contributed by atoms with Gasteiger partial charge in [0.05, 0.1) is 7.11 Å². The van der Waals surface area contributed by atoms with Gasteiger partial charge in [-0.1, -0.05) is 36.4 Å². The number of hydrogen-bond donors (Lipinski definition) is 1. The molecule has 2 aromatic rings. The molecular weight excluding hydrogens is 286 g/mol. The Hall–Kier alpha value is -1.85. The zero-order chi connectivity index (χ0) is 15.5. The lowest BCUT2D eigenvalue weighted by atomic mass is 10.1. The van der Waals surface area contributed by atoms with Gasteiger partial charge in [0.1, 0.15) is 10.6 Å². The fourth-order valence-electron chi connectivity index (χ4n) is 2.10. The van der Waals surface area contributed by atoms with Crippen LogP contribution in [0.5, 0.6) is 5.75 Å². The van der Waals surface area contributed by atoms with E-state index in [4.69, 9.17) is 4.74 Å². The predicted octanol–water partition coefficient (Wildman–Crippen LogP) is 3.04. The van der Waals surface area contributed by atoms with Crippen LogP contribution >= 0.6 is 0 Å². The molecule has 112 valence electrons. The summed E-state index contributed by atoms with van der Waals surface area (Å²) in [6, 6.07) is 14.1. The van der Waals surface area contributed by atoms with Crippen LogP contribution in [0.25, 0.3) is 0 Å². The highest BCUT2D eigenvalue weighted by Crippen LogP contribution is 2.26. The molecule has 1 N–H and O–H groups in total. The Kier molecular flexibility index (Phi) is 4.65.